The summed E-state index contributed by atoms with van der Waals surface area (Å²) in [6.45, 7) is 6.06. The average Bonchev–Trinajstić information content (AvgIpc) is 2.56. The lowest BCUT2D eigenvalue weighted by Crippen LogP contribution is -2.22. The minimum Gasteiger partial charge on any atom is -0.493 e. The Morgan fingerprint density at radius 1 is 1.20 bits per heavy atom. The molecule has 5 heteroatoms. The van der Waals surface area contributed by atoms with E-state index in [1.807, 2.05) is 0 Å². The molecule has 0 fully saturated rings. The van der Waals surface area contributed by atoms with E-state index in [1.165, 1.54) is 14.0 Å². The summed E-state index contributed by atoms with van der Waals surface area (Å²) in [4.78, 5) is 22.9. The van der Waals surface area contributed by atoms with Crippen molar-refractivity contribution in [3.8, 4) is 11.5 Å². The van der Waals surface area contributed by atoms with Gasteiger partial charge in [-0.05, 0) is 42.9 Å². The Hall–Kier alpha value is -2.30. The number of carbonyl (C=O) groups excluding carboxylic acids is 2. The molecule has 0 saturated carbocycles. The molecular weight excluding hydrogens is 318 g/mol. The smallest absolute Gasteiger partial charge is 0.308 e. The predicted molar refractivity (Wildman–Crippen MR) is 98.6 cm³/mol. The predicted octanol–water partition coefficient (Wildman–Crippen LogP) is 4.01. The van der Waals surface area contributed by atoms with Crippen LogP contribution >= 0.6 is 0 Å². The maximum atomic E-state index is 11.9. The molecule has 0 aromatic heterocycles. The highest BCUT2D eigenvalue weighted by Crippen LogP contribution is 2.28. The van der Waals surface area contributed by atoms with Crippen molar-refractivity contribution in [2.75, 3.05) is 7.11 Å². The van der Waals surface area contributed by atoms with Crippen LogP contribution in [-0.4, -0.2) is 19.0 Å². The van der Waals surface area contributed by atoms with E-state index in [1.54, 1.807) is 18.2 Å². The number of unbranched alkanes of at least 4 members (excludes halogenated alkanes) is 2. The van der Waals surface area contributed by atoms with Crippen LogP contribution in [0, 0.1) is 5.92 Å². The summed E-state index contributed by atoms with van der Waals surface area (Å²) < 4.78 is 10.3. The molecule has 1 amide bonds. The summed E-state index contributed by atoms with van der Waals surface area (Å²) in [7, 11) is 1.51. The number of methoxy groups -OCH3 is 1. The van der Waals surface area contributed by atoms with E-state index in [2.05, 4.69) is 31.3 Å². The molecule has 0 saturated heterocycles. The van der Waals surface area contributed by atoms with E-state index in [0.29, 0.717) is 30.4 Å². The molecule has 0 atom stereocenters. The van der Waals surface area contributed by atoms with Gasteiger partial charge in [-0.2, -0.15) is 0 Å². The topological polar surface area (TPSA) is 64.6 Å². The van der Waals surface area contributed by atoms with Gasteiger partial charge in [-0.1, -0.05) is 32.1 Å². The molecule has 0 spiro atoms. The molecule has 0 unspecified atom stereocenters. The van der Waals surface area contributed by atoms with Crippen LogP contribution in [0.15, 0.2) is 30.4 Å². The molecule has 1 rings (SSSR count). The van der Waals surface area contributed by atoms with E-state index in [4.69, 9.17) is 9.47 Å². The molecule has 1 aromatic rings. The van der Waals surface area contributed by atoms with Crippen molar-refractivity contribution in [3.63, 3.8) is 0 Å². The Morgan fingerprint density at radius 2 is 1.96 bits per heavy atom. The van der Waals surface area contributed by atoms with Gasteiger partial charge in [0.1, 0.15) is 0 Å². The molecule has 0 bridgehead atoms. The van der Waals surface area contributed by atoms with Gasteiger partial charge in [-0.25, -0.2) is 0 Å². The van der Waals surface area contributed by atoms with Gasteiger partial charge in [0.2, 0.25) is 5.91 Å². The number of esters is 1. The zero-order valence-electron chi connectivity index (χ0n) is 15.6. The second-order valence-electron chi connectivity index (χ2n) is 6.27. The number of nitrogens with one attached hydrogen (secondary N) is 1. The third kappa shape index (κ3) is 8.94. The highest BCUT2D eigenvalue weighted by Gasteiger charge is 2.09. The third-order valence-corrected chi connectivity index (χ3v) is 3.52. The van der Waals surface area contributed by atoms with E-state index in [0.717, 1.165) is 24.8 Å². The summed E-state index contributed by atoms with van der Waals surface area (Å²) in [6, 6.07) is 5.23. The Labute approximate surface area is 150 Å². The quantitative estimate of drug-likeness (QED) is 0.301. The van der Waals surface area contributed by atoms with Crippen LogP contribution < -0.4 is 14.8 Å². The van der Waals surface area contributed by atoms with Crippen LogP contribution in [0.2, 0.25) is 0 Å². The van der Waals surface area contributed by atoms with Gasteiger partial charge in [0.25, 0.3) is 0 Å². The van der Waals surface area contributed by atoms with Crippen LogP contribution in [0.4, 0.5) is 0 Å². The summed E-state index contributed by atoms with van der Waals surface area (Å²) in [5, 5.41) is 2.90. The Kier molecular flexibility index (Phi) is 9.37. The lowest BCUT2D eigenvalue weighted by atomic mass is 10.1. The molecule has 0 heterocycles. The van der Waals surface area contributed by atoms with E-state index in [9.17, 15) is 9.59 Å². The summed E-state index contributed by atoms with van der Waals surface area (Å²) in [6.07, 6.45) is 7.80. The van der Waals surface area contributed by atoms with E-state index in [-0.39, 0.29) is 5.91 Å². The zero-order chi connectivity index (χ0) is 18.7. The second-order valence-corrected chi connectivity index (χ2v) is 6.27. The van der Waals surface area contributed by atoms with E-state index >= 15 is 0 Å². The number of benzene rings is 1. The van der Waals surface area contributed by atoms with Crippen molar-refractivity contribution in [2.45, 2.75) is 53.0 Å². The first-order chi connectivity index (χ1) is 11.9. The lowest BCUT2D eigenvalue weighted by Gasteiger charge is -2.10. The minimum absolute atomic E-state index is 0.0378. The van der Waals surface area contributed by atoms with Crippen molar-refractivity contribution < 1.29 is 19.1 Å². The highest BCUT2D eigenvalue weighted by molar-refractivity contribution is 5.75. The van der Waals surface area contributed by atoms with Crippen LogP contribution in [0.3, 0.4) is 0 Å². The first-order valence-electron chi connectivity index (χ1n) is 8.71. The Morgan fingerprint density at radius 3 is 2.60 bits per heavy atom. The first kappa shape index (κ1) is 20.7. The van der Waals surface area contributed by atoms with Crippen molar-refractivity contribution in [1.29, 1.82) is 0 Å². The number of ether oxygens (including phenoxy) is 2. The Balaban J connectivity index is 2.37. The van der Waals surface area contributed by atoms with Crippen LogP contribution in [-0.2, 0) is 16.1 Å². The van der Waals surface area contributed by atoms with Crippen LogP contribution in [0.25, 0.3) is 0 Å². The minimum atomic E-state index is -0.400. The maximum Gasteiger partial charge on any atom is 0.308 e. The number of rotatable bonds is 10. The molecule has 1 aromatic carbocycles. The third-order valence-electron chi connectivity index (χ3n) is 3.52. The van der Waals surface area contributed by atoms with Crippen molar-refractivity contribution >= 4 is 11.9 Å². The highest BCUT2D eigenvalue weighted by atomic mass is 16.6. The zero-order valence-corrected chi connectivity index (χ0v) is 15.6. The van der Waals surface area contributed by atoms with Gasteiger partial charge in [0, 0.05) is 19.9 Å². The summed E-state index contributed by atoms with van der Waals surface area (Å²) in [5.41, 5.74) is 0.890. The van der Waals surface area contributed by atoms with Gasteiger partial charge in [0.15, 0.2) is 11.5 Å². The van der Waals surface area contributed by atoms with E-state index < -0.39 is 5.97 Å². The van der Waals surface area contributed by atoms with Crippen molar-refractivity contribution in [3.05, 3.63) is 35.9 Å². The van der Waals surface area contributed by atoms with Crippen LogP contribution in [0.1, 0.15) is 52.0 Å². The molecule has 0 aliphatic carbocycles. The Bertz CT molecular complexity index is 593. The van der Waals surface area contributed by atoms with Crippen molar-refractivity contribution in [2.24, 2.45) is 5.92 Å². The van der Waals surface area contributed by atoms with Crippen LogP contribution in [0.5, 0.6) is 11.5 Å². The number of amides is 1. The number of hydrogen-bond donors (Lipinski definition) is 1. The second kappa shape index (κ2) is 11.3. The van der Waals surface area contributed by atoms with Gasteiger partial charge in [0.05, 0.1) is 7.11 Å². The molecule has 5 nitrogen and oxygen atoms in total. The maximum absolute atomic E-state index is 11.9. The van der Waals surface area contributed by atoms with Gasteiger partial charge < -0.3 is 14.8 Å². The van der Waals surface area contributed by atoms with Gasteiger partial charge in [-0.3, -0.25) is 9.59 Å². The molecule has 1 N–H and O–H groups in total. The van der Waals surface area contributed by atoms with Gasteiger partial charge >= 0.3 is 5.97 Å². The van der Waals surface area contributed by atoms with Gasteiger partial charge in [-0.15, -0.1) is 0 Å². The number of hydrogen-bond acceptors (Lipinski definition) is 4. The average molecular weight is 347 g/mol. The summed E-state index contributed by atoms with van der Waals surface area (Å²) >= 11 is 0. The van der Waals surface area contributed by atoms with Crippen molar-refractivity contribution in [1.82, 2.24) is 5.32 Å². The summed E-state index contributed by atoms with van der Waals surface area (Å²) in [5.74, 6) is 1.06. The monoisotopic (exact) mass is 347 g/mol. The number of carbonyl (C=O) groups is 2. The largest absolute Gasteiger partial charge is 0.493 e. The SMILES string of the molecule is COc1cc(CNC(=O)CCCC/C=C/C(C)C)ccc1OC(C)=O. The first-order valence-corrected chi connectivity index (χ1v) is 8.71. The number of allylic oxidation sites excluding steroid dienone is 2. The standard InChI is InChI=1S/C20H29NO4/c1-15(2)9-7-5-6-8-10-20(23)21-14-17-11-12-18(25-16(3)22)19(13-17)24-4/h7,9,11-13,15H,5-6,8,10,14H2,1-4H3,(H,21,23)/b9-7+. The molecule has 0 aliphatic heterocycles. The normalized spacial score (nSPS) is 10.9. The fourth-order valence-corrected chi connectivity index (χ4v) is 2.27. The fraction of sp³-hybridized carbons (Fsp3) is 0.500. The molecule has 138 valence electrons. The molecule has 25 heavy (non-hydrogen) atoms. The molecular formula is C20H29NO4. The fourth-order valence-electron chi connectivity index (χ4n) is 2.27. The molecule has 0 radical (unpaired) electrons. The lowest BCUT2D eigenvalue weighted by molar-refractivity contribution is -0.132. The molecule has 0 aliphatic rings.